The zero-order valence-corrected chi connectivity index (χ0v) is 17.1. The molecule has 0 unspecified atom stereocenters. The first kappa shape index (κ1) is 19.0. The van der Waals surface area contributed by atoms with E-state index in [1.165, 1.54) is 6.92 Å². The Morgan fingerprint density at radius 1 is 1.07 bits per heavy atom. The lowest BCUT2D eigenvalue weighted by atomic mass is 9.94. The molecule has 0 aliphatic carbocycles. The van der Waals surface area contributed by atoms with Crippen molar-refractivity contribution in [2.45, 2.75) is 33.4 Å². The molecular weight excluding hydrogens is 364 g/mol. The Balaban J connectivity index is 1.98. The number of benzene rings is 2. The van der Waals surface area contributed by atoms with Crippen molar-refractivity contribution < 1.29 is 9.53 Å². The third kappa shape index (κ3) is 3.23. The molecule has 3 aromatic rings. The Kier molecular flexibility index (Phi) is 4.74. The molecule has 0 spiro atoms. The van der Waals surface area contributed by atoms with E-state index in [-0.39, 0.29) is 22.8 Å². The van der Waals surface area contributed by atoms with Gasteiger partial charge in [-0.05, 0) is 44.0 Å². The first-order valence-corrected chi connectivity index (χ1v) is 9.72. The molecule has 0 fully saturated rings. The van der Waals surface area contributed by atoms with E-state index in [1.807, 2.05) is 28.9 Å². The summed E-state index contributed by atoms with van der Waals surface area (Å²) in [5.74, 6) is 0.527. The molecule has 148 valence electrons. The predicted molar refractivity (Wildman–Crippen MR) is 115 cm³/mol. The molecule has 0 N–H and O–H groups in total. The smallest absolute Gasteiger partial charge is 0.193 e. The second-order valence-electron chi connectivity index (χ2n) is 7.60. The van der Waals surface area contributed by atoms with Gasteiger partial charge in [-0.2, -0.15) is 0 Å². The summed E-state index contributed by atoms with van der Waals surface area (Å²) in [6.07, 6.45) is 1.67. The summed E-state index contributed by atoms with van der Waals surface area (Å²) in [7, 11) is 1.66. The Morgan fingerprint density at radius 3 is 2.41 bits per heavy atom. The lowest BCUT2D eigenvalue weighted by Gasteiger charge is -2.38. The van der Waals surface area contributed by atoms with Gasteiger partial charge >= 0.3 is 0 Å². The first-order valence-electron chi connectivity index (χ1n) is 9.72. The van der Waals surface area contributed by atoms with Crippen LogP contribution in [-0.2, 0) is 6.54 Å². The maximum atomic E-state index is 12.6. The number of fused-ring (bicyclic) bond motifs is 3. The maximum absolute atomic E-state index is 12.6. The second kappa shape index (κ2) is 7.24. The SMILES string of the molecule is COc1cc2c(cc1-c1ccccc1)CN(C(C)C)n1cc(C(C)=O)c(=O)cc1-2. The fraction of sp³-hybridized carbons (Fsp3) is 0.250. The molecule has 29 heavy (non-hydrogen) atoms. The minimum Gasteiger partial charge on any atom is -0.496 e. The molecule has 1 aromatic heterocycles. The van der Waals surface area contributed by atoms with E-state index in [1.54, 1.807) is 19.4 Å². The van der Waals surface area contributed by atoms with Crippen LogP contribution in [0, 0.1) is 0 Å². The monoisotopic (exact) mass is 388 g/mol. The Labute approximate surface area is 170 Å². The third-order valence-electron chi connectivity index (χ3n) is 5.40. The van der Waals surface area contributed by atoms with Gasteiger partial charge in [-0.3, -0.25) is 14.3 Å². The van der Waals surface area contributed by atoms with Crippen LogP contribution in [0.2, 0.25) is 0 Å². The first-order chi connectivity index (χ1) is 13.9. The minimum atomic E-state index is -0.258. The van der Waals surface area contributed by atoms with E-state index in [0.29, 0.717) is 6.54 Å². The van der Waals surface area contributed by atoms with Crippen LogP contribution in [0.15, 0.2) is 59.5 Å². The van der Waals surface area contributed by atoms with Crippen LogP contribution in [0.4, 0.5) is 0 Å². The highest BCUT2D eigenvalue weighted by Gasteiger charge is 2.26. The van der Waals surface area contributed by atoms with Gasteiger partial charge in [-0.1, -0.05) is 30.3 Å². The maximum Gasteiger partial charge on any atom is 0.193 e. The van der Waals surface area contributed by atoms with Gasteiger partial charge in [0, 0.05) is 29.4 Å². The molecule has 0 amide bonds. The van der Waals surface area contributed by atoms with Crippen LogP contribution in [0.3, 0.4) is 0 Å². The zero-order valence-electron chi connectivity index (χ0n) is 17.1. The van der Waals surface area contributed by atoms with Gasteiger partial charge < -0.3 is 9.75 Å². The highest BCUT2D eigenvalue weighted by molar-refractivity contribution is 5.94. The Morgan fingerprint density at radius 2 is 1.79 bits per heavy atom. The zero-order chi connectivity index (χ0) is 20.7. The normalized spacial score (nSPS) is 12.5. The summed E-state index contributed by atoms with van der Waals surface area (Å²) in [4.78, 5) is 24.5. The molecule has 1 aliphatic heterocycles. The second-order valence-corrected chi connectivity index (χ2v) is 7.60. The number of hydrogen-bond donors (Lipinski definition) is 0. The van der Waals surface area contributed by atoms with Gasteiger partial charge in [0.25, 0.3) is 0 Å². The Hall–Kier alpha value is -3.34. The Bertz CT molecular complexity index is 1150. The number of ketones is 1. The van der Waals surface area contributed by atoms with Gasteiger partial charge in [0.05, 0.1) is 24.9 Å². The van der Waals surface area contributed by atoms with E-state index >= 15 is 0 Å². The van der Waals surface area contributed by atoms with E-state index in [0.717, 1.165) is 33.7 Å². The molecule has 0 saturated carbocycles. The van der Waals surface area contributed by atoms with Crippen molar-refractivity contribution in [3.05, 3.63) is 76.1 Å². The molecule has 2 heterocycles. The lowest BCUT2D eigenvalue weighted by molar-refractivity contribution is 0.101. The van der Waals surface area contributed by atoms with Crippen molar-refractivity contribution >= 4 is 5.78 Å². The van der Waals surface area contributed by atoms with Gasteiger partial charge in [0.2, 0.25) is 0 Å². The van der Waals surface area contributed by atoms with Crippen molar-refractivity contribution in [1.29, 1.82) is 0 Å². The van der Waals surface area contributed by atoms with Crippen LogP contribution in [-0.4, -0.2) is 23.6 Å². The number of pyridine rings is 1. The molecule has 1 aliphatic rings. The predicted octanol–water partition coefficient (Wildman–Crippen LogP) is 4.25. The largest absolute Gasteiger partial charge is 0.496 e. The summed E-state index contributed by atoms with van der Waals surface area (Å²) in [6.45, 7) is 6.29. The number of nitrogens with zero attached hydrogens (tertiary/aromatic N) is 2. The lowest BCUT2D eigenvalue weighted by Crippen LogP contribution is -2.44. The number of aromatic nitrogens is 1. The number of carbonyl (C=O) groups excluding carboxylic acids is 1. The van der Waals surface area contributed by atoms with Crippen molar-refractivity contribution in [2.75, 3.05) is 12.1 Å². The summed E-state index contributed by atoms with van der Waals surface area (Å²) in [5.41, 5.74) is 4.89. The number of methoxy groups -OCH3 is 1. The summed E-state index contributed by atoms with van der Waals surface area (Å²) >= 11 is 0. The van der Waals surface area contributed by atoms with Crippen LogP contribution < -0.4 is 15.2 Å². The highest BCUT2D eigenvalue weighted by atomic mass is 16.5. The van der Waals surface area contributed by atoms with Crippen molar-refractivity contribution in [3.63, 3.8) is 0 Å². The molecule has 0 radical (unpaired) electrons. The molecule has 0 bridgehead atoms. The molecule has 5 heteroatoms. The number of hydrogen-bond acceptors (Lipinski definition) is 4. The molecule has 2 aromatic carbocycles. The van der Waals surface area contributed by atoms with Crippen LogP contribution in [0.25, 0.3) is 22.4 Å². The molecular formula is C24H24N2O3. The van der Waals surface area contributed by atoms with E-state index in [2.05, 4.69) is 37.1 Å². The molecule has 5 nitrogen and oxygen atoms in total. The molecule has 0 saturated heterocycles. The quantitative estimate of drug-likeness (QED) is 0.627. The van der Waals surface area contributed by atoms with Crippen LogP contribution >= 0.6 is 0 Å². The van der Waals surface area contributed by atoms with Crippen LogP contribution in [0.1, 0.15) is 36.7 Å². The number of rotatable bonds is 4. The number of Topliss-reactive ketones (excluding diaryl/α,β-unsaturated/α-hetero) is 1. The van der Waals surface area contributed by atoms with Crippen LogP contribution in [0.5, 0.6) is 5.75 Å². The van der Waals surface area contributed by atoms with E-state index < -0.39 is 0 Å². The fourth-order valence-electron chi connectivity index (χ4n) is 3.89. The van der Waals surface area contributed by atoms with E-state index in [9.17, 15) is 9.59 Å². The van der Waals surface area contributed by atoms with Gasteiger partial charge in [0.1, 0.15) is 5.75 Å². The van der Waals surface area contributed by atoms with Gasteiger partial charge in [-0.25, -0.2) is 0 Å². The standard InChI is InChI=1S/C24H24N2O3/c1-15(2)25-13-18-10-20(17-8-6-5-7-9-17)24(29-4)11-19(18)22-12-23(28)21(16(3)27)14-26(22)25/h5-12,14-15H,13H2,1-4H3. The van der Waals surface area contributed by atoms with Gasteiger partial charge in [0.15, 0.2) is 11.2 Å². The molecule has 0 atom stereocenters. The number of carbonyl (C=O) groups is 1. The minimum absolute atomic E-state index is 0.187. The van der Waals surface area contributed by atoms with Crippen molar-refractivity contribution in [3.8, 4) is 28.1 Å². The van der Waals surface area contributed by atoms with Gasteiger partial charge in [-0.15, -0.1) is 0 Å². The summed E-state index contributed by atoms with van der Waals surface area (Å²) < 4.78 is 7.63. The third-order valence-corrected chi connectivity index (χ3v) is 5.40. The summed E-state index contributed by atoms with van der Waals surface area (Å²) in [6, 6.07) is 16.0. The highest BCUT2D eigenvalue weighted by Crippen LogP contribution is 2.39. The van der Waals surface area contributed by atoms with Crippen molar-refractivity contribution in [2.24, 2.45) is 0 Å². The van der Waals surface area contributed by atoms with E-state index in [4.69, 9.17) is 4.74 Å². The average molecular weight is 388 g/mol. The van der Waals surface area contributed by atoms with Crippen molar-refractivity contribution in [1.82, 2.24) is 4.68 Å². The fourth-order valence-corrected chi connectivity index (χ4v) is 3.89. The molecule has 4 rings (SSSR count). The number of ether oxygens (including phenoxy) is 1. The topological polar surface area (TPSA) is 51.5 Å². The summed E-state index contributed by atoms with van der Waals surface area (Å²) in [5, 5.41) is 2.16. The average Bonchev–Trinajstić information content (AvgIpc) is 2.72.